The Morgan fingerprint density at radius 1 is 1.29 bits per heavy atom. The standard InChI is InChI=1S/C9H14O8/c1-9(8(13)14)16-5-3(2-10)15-7(12)4(11)6(5)17-9/h3-7,10-12H,2H2,1H3,(H,13,14)/t3-,4-,5+,6-,7-,9-/m1/s1. The van der Waals surface area contributed by atoms with E-state index in [1.807, 2.05) is 0 Å². The van der Waals surface area contributed by atoms with Gasteiger partial charge in [-0.1, -0.05) is 0 Å². The summed E-state index contributed by atoms with van der Waals surface area (Å²) >= 11 is 0. The normalized spacial score (nSPS) is 50.0. The van der Waals surface area contributed by atoms with Crippen LogP contribution in [0.25, 0.3) is 0 Å². The van der Waals surface area contributed by atoms with Gasteiger partial charge in [-0.3, -0.25) is 0 Å². The Hall–Kier alpha value is -0.770. The van der Waals surface area contributed by atoms with Gasteiger partial charge in [-0.05, 0) is 0 Å². The summed E-state index contributed by atoms with van der Waals surface area (Å²) in [6, 6.07) is 0. The molecule has 0 aromatic rings. The molecule has 0 aromatic carbocycles. The number of fused-ring (bicyclic) bond motifs is 1. The quantitative estimate of drug-likeness (QED) is 0.429. The van der Waals surface area contributed by atoms with Crippen LogP contribution in [0.3, 0.4) is 0 Å². The summed E-state index contributed by atoms with van der Waals surface area (Å²) in [6.07, 6.45) is -5.92. The zero-order valence-electron chi connectivity index (χ0n) is 9.02. The lowest BCUT2D eigenvalue weighted by atomic mass is 10.00. The van der Waals surface area contributed by atoms with Crippen LogP contribution < -0.4 is 0 Å². The van der Waals surface area contributed by atoms with Gasteiger partial charge in [0.1, 0.15) is 24.4 Å². The molecule has 0 unspecified atom stereocenters. The molecule has 2 aliphatic heterocycles. The minimum Gasteiger partial charge on any atom is -0.477 e. The highest BCUT2D eigenvalue weighted by Crippen LogP contribution is 2.37. The van der Waals surface area contributed by atoms with Gasteiger partial charge < -0.3 is 34.6 Å². The van der Waals surface area contributed by atoms with E-state index in [0.717, 1.165) is 0 Å². The number of carbonyl (C=O) groups is 1. The number of carboxylic acids is 1. The second-order valence-corrected chi connectivity index (χ2v) is 4.15. The van der Waals surface area contributed by atoms with E-state index in [4.69, 9.17) is 24.4 Å². The highest BCUT2D eigenvalue weighted by molar-refractivity contribution is 5.75. The summed E-state index contributed by atoms with van der Waals surface area (Å²) in [6.45, 7) is 0.700. The van der Waals surface area contributed by atoms with Gasteiger partial charge in [0.25, 0.3) is 5.79 Å². The highest BCUT2D eigenvalue weighted by atomic mass is 16.8. The van der Waals surface area contributed by atoms with Crippen molar-refractivity contribution in [3.8, 4) is 0 Å². The Morgan fingerprint density at radius 3 is 2.41 bits per heavy atom. The van der Waals surface area contributed by atoms with Crippen molar-refractivity contribution < 1.29 is 39.4 Å². The third-order valence-corrected chi connectivity index (χ3v) is 2.92. The number of aliphatic carboxylic acids is 1. The van der Waals surface area contributed by atoms with Crippen molar-refractivity contribution in [2.45, 2.75) is 43.4 Å². The largest absolute Gasteiger partial charge is 0.477 e. The Kier molecular flexibility index (Phi) is 3.10. The maximum Gasteiger partial charge on any atom is 0.364 e. The second-order valence-electron chi connectivity index (χ2n) is 4.15. The van der Waals surface area contributed by atoms with Crippen molar-refractivity contribution in [2.24, 2.45) is 0 Å². The first kappa shape index (κ1) is 12.7. The number of hydrogen-bond donors (Lipinski definition) is 4. The number of hydrogen-bond acceptors (Lipinski definition) is 7. The van der Waals surface area contributed by atoms with Gasteiger partial charge >= 0.3 is 5.97 Å². The molecule has 2 rings (SSSR count). The molecule has 2 saturated heterocycles. The smallest absolute Gasteiger partial charge is 0.364 e. The lowest BCUT2D eigenvalue weighted by Crippen LogP contribution is -2.57. The van der Waals surface area contributed by atoms with Crippen molar-refractivity contribution in [3.63, 3.8) is 0 Å². The molecule has 0 aliphatic carbocycles. The Labute approximate surface area is 96.3 Å². The fraction of sp³-hybridized carbons (Fsp3) is 0.889. The molecule has 2 aliphatic rings. The van der Waals surface area contributed by atoms with E-state index < -0.39 is 49.1 Å². The molecule has 8 heteroatoms. The third-order valence-electron chi connectivity index (χ3n) is 2.92. The van der Waals surface area contributed by atoms with Gasteiger partial charge in [-0.2, -0.15) is 0 Å². The van der Waals surface area contributed by atoms with Crippen molar-refractivity contribution in [1.82, 2.24) is 0 Å². The summed E-state index contributed by atoms with van der Waals surface area (Å²) in [4.78, 5) is 11.0. The third kappa shape index (κ3) is 1.92. The Bertz CT molecular complexity index is 312. The van der Waals surface area contributed by atoms with Crippen LogP contribution in [0.4, 0.5) is 0 Å². The summed E-state index contributed by atoms with van der Waals surface area (Å²) in [5.74, 6) is -3.28. The second kappa shape index (κ2) is 4.16. The molecule has 0 aromatic heterocycles. The van der Waals surface area contributed by atoms with Crippen LogP contribution >= 0.6 is 0 Å². The molecule has 0 bridgehead atoms. The molecule has 0 saturated carbocycles. The van der Waals surface area contributed by atoms with Crippen LogP contribution in [-0.4, -0.2) is 69.5 Å². The van der Waals surface area contributed by atoms with Gasteiger partial charge in [0.2, 0.25) is 0 Å². The first-order valence-corrected chi connectivity index (χ1v) is 5.10. The predicted molar refractivity (Wildman–Crippen MR) is 49.8 cm³/mol. The first-order valence-electron chi connectivity index (χ1n) is 5.10. The van der Waals surface area contributed by atoms with Gasteiger partial charge in [0.15, 0.2) is 6.29 Å². The van der Waals surface area contributed by atoms with E-state index in [0.29, 0.717) is 0 Å². The molecule has 8 nitrogen and oxygen atoms in total. The number of aliphatic hydroxyl groups excluding tert-OH is 3. The van der Waals surface area contributed by atoms with E-state index in [2.05, 4.69) is 0 Å². The lowest BCUT2D eigenvalue weighted by molar-refractivity contribution is -0.264. The molecule has 98 valence electrons. The van der Waals surface area contributed by atoms with E-state index in [1.165, 1.54) is 6.92 Å². The van der Waals surface area contributed by atoms with Crippen molar-refractivity contribution in [1.29, 1.82) is 0 Å². The molecule has 0 spiro atoms. The molecule has 0 amide bonds. The lowest BCUT2D eigenvalue weighted by Gasteiger charge is -2.36. The van der Waals surface area contributed by atoms with Crippen LogP contribution in [0.5, 0.6) is 0 Å². The molecule has 2 fully saturated rings. The average molecular weight is 250 g/mol. The van der Waals surface area contributed by atoms with Crippen LogP contribution in [-0.2, 0) is 19.0 Å². The average Bonchev–Trinajstić information content (AvgIpc) is 2.63. The van der Waals surface area contributed by atoms with Crippen molar-refractivity contribution in [3.05, 3.63) is 0 Å². The molecular weight excluding hydrogens is 236 g/mol. The Morgan fingerprint density at radius 2 is 1.88 bits per heavy atom. The van der Waals surface area contributed by atoms with E-state index in [1.54, 1.807) is 0 Å². The fourth-order valence-corrected chi connectivity index (χ4v) is 1.98. The van der Waals surface area contributed by atoms with Crippen LogP contribution in [0.2, 0.25) is 0 Å². The SMILES string of the molecule is C[C@]1(C(=O)O)O[C@@H]2[C@@H](O)[C@H](O)O[C@H](CO)[C@@H]2O1. The number of ether oxygens (including phenoxy) is 3. The summed E-state index contributed by atoms with van der Waals surface area (Å²) in [7, 11) is 0. The van der Waals surface area contributed by atoms with Crippen molar-refractivity contribution in [2.75, 3.05) is 6.61 Å². The summed E-state index contributed by atoms with van der Waals surface area (Å²) in [5.41, 5.74) is 0. The first-order chi connectivity index (χ1) is 7.89. The molecular formula is C9H14O8. The van der Waals surface area contributed by atoms with Gasteiger partial charge in [0.05, 0.1) is 6.61 Å². The molecule has 4 N–H and O–H groups in total. The predicted octanol–water partition coefficient (Wildman–Crippen LogP) is -2.36. The van der Waals surface area contributed by atoms with Crippen LogP contribution in [0.1, 0.15) is 6.92 Å². The minimum atomic E-state index is -1.92. The maximum absolute atomic E-state index is 11.0. The van der Waals surface area contributed by atoms with E-state index in [9.17, 15) is 15.0 Å². The topological polar surface area (TPSA) is 126 Å². The molecule has 2 heterocycles. The van der Waals surface area contributed by atoms with E-state index in [-0.39, 0.29) is 0 Å². The molecule has 0 radical (unpaired) electrons. The van der Waals surface area contributed by atoms with Gasteiger partial charge in [0, 0.05) is 6.92 Å². The summed E-state index contributed by atoms with van der Waals surface area (Å²) < 4.78 is 15.2. The van der Waals surface area contributed by atoms with Crippen LogP contribution in [0, 0.1) is 0 Å². The maximum atomic E-state index is 11.0. The summed E-state index contributed by atoms with van der Waals surface area (Å²) in [5, 5.41) is 37.0. The molecule has 6 atom stereocenters. The highest BCUT2D eigenvalue weighted by Gasteiger charge is 2.58. The Balaban J connectivity index is 2.23. The minimum absolute atomic E-state index is 0.482. The zero-order valence-corrected chi connectivity index (χ0v) is 9.02. The fourth-order valence-electron chi connectivity index (χ4n) is 1.98. The number of aliphatic hydroxyl groups is 3. The van der Waals surface area contributed by atoms with Gasteiger partial charge in [-0.25, -0.2) is 4.79 Å². The van der Waals surface area contributed by atoms with Gasteiger partial charge in [-0.15, -0.1) is 0 Å². The number of rotatable bonds is 2. The zero-order chi connectivity index (χ0) is 12.8. The molecule has 17 heavy (non-hydrogen) atoms. The van der Waals surface area contributed by atoms with E-state index >= 15 is 0 Å². The van der Waals surface area contributed by atoms with Crippen LogP contribution in [0.15, 0.2) is 0 Å². The monoisotopic (exact) mass is 250 g/mol. The number of carboxylic acid groups (broad SMARTS) is 1. The van der Waals surface area contributed by atoms with Crippen molar-refractivity contribution >= 4 is 5.97 Å².